The van der Waals surface area contributed by atoms with Crippen LogP contribution < -0.4 is 0 Å². The Hall–Kier alpha value is -2.94. The Morgan fingerprint density at radius 2 is 1.50 bits per heavy atom. The lowest BCUT2D eigenvalue weighted by Gasteiger charge is -2.18. The van der Waals surface area contributed by atoms with Crippen molar-refractivity contribution in [2.75, 3.05) is 6.61 Å². The van der Waals surface area contributed by atoms with E-state index in [1.54, 1.807) is 0 Å². The smallest absolute Gasteiger partial charge is 0.235 e. The number of pyridine rings is 1. The summed E-state index contributed by atoms with van der Waals surface area (Å²) in [7, 11) is 0. The molecule has 0 spiro atoms. The van der Waals surface area contributed by atoms with Gasteiger partial charge in [-0.2, -0.15) is 0 Å². The number of aromatic nitrogens is 1. The molecule has 2 aromatic carbocycles. The highest BCUT2D eigenvalue weighted by atomic mass is 16.5. The van der Waals surface area contributed by atoms with E-state index < -0.39 is 0 Å². The molecule has 3 heteroatoms. The van der Waals surface area contributed by atoms with Gasteiger partial charge in [-0.25, -0.2) is 9.98 Å². The zero-order valence-corrected chi connectivity index (χ0v) is 16.5. The van der Waals surface area contributed by atoms with Gasteiger partial charge in [-0.3, -0.25) is 0 Å². The molecule has 0 unspecified atom stereocenters. The van der Waals surface area contributed by atoms with Gasteiger partial charge in [0.1, 0.15) is 12.3 Å². The van der Waals surface area contributed by atoms with Crippen LogP contribution in [-0.2, 0) is 4.74 Å². The highest BCUT2D eigenvalue weighted by Crippen LogP contribution is 2.31. The first-order valence-electron chi connectivity index (χ1n) is 9.98. The van der Waals surface area contributed by atoms with Gasteiger partial charge in [-0.1, -0.05) is 80.6 Å². The van der Waals surface area contributed by atoms with Gasteiger partial charge in [0, 0.05) is 0 Å². The van der Waals surface area contributed by atoms with Crippen LogP contribution in [0, 0.1) is 5.92 Å². The van der Waals surface area contributed by atoms with E-state index >= 15 is 0 Å². The second-order valence-electron chi connectivity index (χ2n) is 7.73. The minimum Gasteiger partial charge on any atom is -0.474 e. The third kappa shape index (κ3) is 4.14. The first kappa shape index (κ1) is 18.4. The number of rotatable bonds is 6. The molecule has 1 atom stereocenters. The van der Waals surface area contributed by atoms with E-state index in [2.05, 4.69) is 74.5 Å². The molecule has 2 heterocycles. The molecule has 3 aromatic rings. The SMILES string of the molecule is CC(C)C[C@@H]1COC(c2cccc(C(c3ccccc3)c3ccccc3)n2)=N1. The predicted molar refractivity (Wildman–Crippen MR) is 114 cm³/mol. The molecule has 1 aromatic heterocycles. The molecule has 0 aliphatic carbocycles. The Labute approximate surface area is 167 Å². The van der Waals surface area contributed by atoms with Crippen LogP contribution in [0.15, 0.2) is 83.9 Å². The van der Waals surface area contributed by atoms with E-state index in [-0.39, 0.29) is 12.0 Å². The minimum absolute atomic E-state index is 0.0795. The van der Waals surface area contributed by atoms with Crippen LogP contribution in [0.3, 0.4) is 0 Å². The molecule has 142 valence electrons. The Balaban J connectivity index is 1.70. The van der Waals surface area contributed by atoms with Crippen molar-refractivity contribution in [3.8, 4) is 0 Å². The van der Waals surface area contributed by atoms with Crippen LogP contribution in [0.4, 0.5) is 0 Å². The third-order valence-electron chi connectivity index (χ3n) is 5.01. The summed E-state index contributed by atoms with van der Waals surface area (Å²) in [6.07, 6.45) is 1.04. The summed E-state index contributed by atoms with van der Waals surface area (Å²) in [5, 5.41) is 0. The maximum Gasteiger partial charge on any atom is 0.235 e. The van der Waals surface area contributed by atoms with Crippen molar-refractivity contribution in [1.29, 1.82) is 0 Å². The second-order valence-corrected chi connectivity index (χ2v) is 7.73. The lowest BCUT2D eigenvalue weighted by molar-refractivity contribution is 0.301. The molecule has 28 heavy (non-hydrogen) atoms. The molecule has 0 N–H and O–H groups in total. The van der Waals surface area contributed by atoms with Crippen molar-refractivity contribution in [2.24, 2.45) is 10.9 Å². The van der Waals surface area contributed by atoms with Crippen molar-refractivity contribution in [3.63, 3.8) is 0 Å². The number of ether oxygens (including phenoxy) is 1. The van der Waals surface area contributed by atoms with Crippen LogP contribution in [0.1, 0.15) is 48.7 Å². The summed E-state index contributed by atoms with van der Waals surface area (Å²) in [4.78, 5) is 9.74. The van der Waals surface area contributed by atoms with Gasteiger partial charge in [0.15, 0.2) is 0 Å². The topological polar surface area (TPSA) is 34.5 Å². The summed E-state index contributed by atoms with van der Waals surface area (Å²) >= 11 is 0. The van der Waals surface area contributed by atoms with E-state index in [9.17, 15) is 0 Å². The molecule has 0 bridgehead atoms. The average Bonchev–Trinajstić information content (AvgIpc) is 3.18. The van der Waals surface area contributed by atoms with Crippen LogP contribution in [0.25, 0.3) is 0 Å². The first-order valence-corrected chi connectivity index (χ1v) is 9.98. The van der Waals surface area contributed by atoms with Gasteiger partial charge < -0.3 is 4.74 Å². The zero-order valence-electron chi connectivity index (χ0n) is 16.5. The van der Waals surface area contributed by atoms with Crippen molar-refractivity contribution in [2.45, 2.75) is 32.2 Å². The summed E-state index contributed by atoms with van der Waals surface area (Å²) < 4.78 is 5.89. The van der Waals surface area contributed by atoms with E-state index in [1.165, 1.54) is 11.1 Å². The number of nitrogens with zero attached hydrogens (tertiary/aromatic N) is 2. The predicted octanol–water partition coefficient (Wildman–Crippen LogP) is 5.45. The van der Waals surface area contributed by atoms with Crippen molar-refractivity contribution in [1.82, 2.24) is 4.98 Å². The van der Waals surface area contributed by atoms with Gasteiger partial charge in [-0.15, -0.1) is 0 Å². The number of hydrogen-bond donors (Lipinski definition) is 0. The minimum atomic E-state index is 0.0795. The van der Waals surface area contributed by atoms with Crippen molar-refractivity contribution >= 4 is 5.90 Å². The molecule has 0 saturated carbocycles. The quantitative estimate of drug-likeness (QED) is 0.578. The molecule has 0 amide bonds. The molecule has 4 rings (SSSR count). The molecule has 0 radical (unpaired) electrons. The van der Waals surface area contributed by atoms with Gasteiger partial charge in [0.25, 0.3) is 0 Å². The fourth-order valence-electron chi connectivity index (χ4n) is 3.78. The van der Waals surface area contributed by atoms with Crippen LogP contribution in [-0.4, -0.2) is 23.5 Å². The average molecular weight is 370 g/mol. The Kier molecular flexibility index (Phi) is 5.52. The largest absolute Gasteiger partial charge is 0.474 e. The number of hydrogen-bond acceptors (Lipinski definition) is 3. The molecule has 3 nitrogen and oxygen atoms in total. The molecular weight excluding hydrogens is 344 g/mol. The number of benzene rings is 2. The summed E-state index contributed by atoms with van der Waals surface area (Å²) in [6.45, 7) is 5.09. The molecule has 0 saturated heterocycles. The third-order valence-corrected chi connectivity index (χ3v) is 5.01. The fourth-order valence-corrected chi connectivity index (χ4v) is 3.78. The standard InChI is InChI=1S/C25H26N2O/c1-18(2)16-21-17-28-25(26-21)23-15-9-14-22(27-23)24(19-10-5-3-6-11-19)20-12-7-4-8-13-20/h3-15,18,21,24H,16-17H2,1-2H3/t21-/m1/s1. The Bertz CT molecular complexity index is 896. The summed E-state index contributed by atoms with van der Waals surface area (Å²) in [5.41, 5.74) is 4.28. The van der Waals surface area contributed by atoms with Gasteiger partial charge >= 0.3 is 0 Å². The molecular formula is C25H26N2O. The monoisotopic (exact) mass is 370 g/mol. The molecule has 1 aliphatic heterocycles. The van der Waals surface area contributed by atoms with Crippen molar-refractivity contribution < 1.29 is 4.74 Å². The van der Waals surface area contributed by atoms with Crippen LogP contribution >= 0.6 is 0 Å². The van der Waals surface area contributed by atoms with E-state index in [0.717, 1.165) is 17.8 Å². The number of aliphatic imine (C=N–C) groups is 1. The lowest BCUT2D eigenvalue weighted by atomic mass is 9.88. The zero-order chi connectivity index (χ0) is 19.3. The van der Waals surface area contributed by atoms with Crippen LogP contribution in [0.2, 0.25) is 0 Å². The highest BCUT2D eigenvalue weighted by molar-refractivity contribution is 5.93. The second kappa shape index (κ2) is 8.39. The van der Waals surface area contributed by atoms with Gasteiger partial charge in [-0.05, 0) is 35.6 Å². The normalized spacial score (nSPS) is 16.3. The van der Waals surface area contributed by atoms with E-state index in [4.69, 9.17) is 14.7 Å². The van der Waals surface area contributed by atoms with Gasteiger partial charge in [0.2, 0.25) is 5.90 Å². The molecule has 1 aliphatic rings. The highest BCUT2D eigenvalue weighted by Gasteiger charge is 2.24. The van der Waals surface area contributed by atoms with Crippen LogP contribution in [0.5, 0.6) is 0 Å². The van der Waals surface area contributed by atoms with Crippen molar-refractivity contribution in [3.05, 3.63) is 101 Å². The lowest BCUT2D eigenvalue weighted by Crippen LogP contribution is -2.10. The first-order chi connectivity index (χ1) is 13.7. The Morgan fingerprint density at radius 3 is 2.11 bits per heavy atom. The molecule has 0 fully saturated rings. The maximum absolute atomic E-state index is 5.89. The van der Waals surface area contributed by atoms with E-state index in [1.807, 2.05) is 18.2 Å². The fraction of sp³-hybridized carbons (Fsp3) is 0.280. The summed E-state index contributed by atoms with van der Waals surface area (Å²) in [6, 6.07) is 27.4. The van der Waals surface area contributed by atoms with E-state index in [0.29, 0.717) is 18.4 Å². The van der Waals surface area contributed by atoms with Gasteiger partial charge in [0.05, 0.1) is 17.7 Å². The maximum atomic E-state index is 5.89. The Morgan fingerprint density at radius 1 is 0.857 bits per heavy atom. The summed E-state index contributed by atoms with van der Waals surface area (Å²) in [5.74, 6) is 1.36.